The van der Waals surface area contributed by atoms with Crippen molar-refractivity contribution in [3.05, 3.63) is 12.2 Å². The van der Waals surface area contributed by atoms with Gasteiger partial charge in [-0.15, -0.1) is 6.42 Å². The van der Waals surface area contributed by atoms with Crippen molar-refractivity contribution >= 4 is 5.71 Å². The minimum atomic E-state index is 0.458. The standard InChI is InChI=1S/C10H15N/c1-5-7-10(9(3)4)11-8-6-2/h2,5,7,9H,8H2,1,3-4H3/b7-5-,11-10+. The van der Waals surface area contributed by atoms with E-state index in [9.17, 15) is 0 Å². The molecule has 0 fully saturated rings. The third-order valence-electron chi connectivity index (χ3n) is 1.28. The van der Waals surface area contributed by atoms with Crippen molar-refractivity contribution in [3.8, 4) is 12.3 Å². The number of terminal acetylenes is 1. The van der Waals surface area contributed by atoms with Crippen LogP contribution in [-0.2, 0) is 0 Å². The van der Waals surface area contributed by atoms with Crippen LogP contribution in [0.15, 0.2) is 17.1 Å². The van der Waals surface area contributed by atoms with Gasteiger partial charge in [-0.1, -0.05) is 25.8 Å². The fraction of sp³-hybridized carbons (Fsp3) is 0.500. The molecule has 0 unspecified atom stereocenters. The third kappa shape index (κ3) is 4.38. The molecule has 11 heavy (non-hydrogen) atoms. The second-order valence-corrected chi connectivity index (χ2v) is 2.60. The highest BCUT2D eigenvalue weighted by atomic mass is 14.7. The smallest absolute Gasteiger partial charge is 0.0998 e. The first-order valence-corrected chi connectivity index (χ1v) is 3.82. The number of nitrogens with zero attached hydrogens (tertiary/aromatic N) is 1. The quantitative estimate of drug-likeness (QED) is 0.431. The van der Waals surface area contributed by atoms with Crippen LogP contribution in [0.25, 0.3) is 0 Å². The van der Waals surface area contributed by atoms with Gasteiger partial charge in [0.25, 0.3) is 0 Å². The first-order valence-electron chi connectivity index (χ1n) is 3.82. The second-order valence-electron chi connectivity index (χ2n) is 2.60. The highest BCUT2D eigenvalue weighted by Gasteiger charge is 1.98. The average Bonchev–Trinajstić information content (AvgIpc) is 1.97. The lowest BCUT2D eigenvalue weighted by atomic mass is 10.1. The van der Waals surface area contributed by atoms with Crippen LogP contribution in [0.1, 0.15) is 20.8 Å². The molecular weight excluding hydrogens is 134 g/mol. The number of aliphatic imine (C=N–C) groups is 1. The van der Waals surface area contributed by atoms with Crippen LogP contribution < -0.4 is 0 Å². The van der Waals surface area contributed by atoms with Crippen molar-refractivity contribution < 1.29 is 0 Å². The summed E-state index contributed by atoms with van der Waals surface area (Å²) in [7, 11) is 0. The molecule has 0 saturated carbocycles. The maximum atomic E-state index is 5.09. The molecule has 0 aliphatic heterocycles. The molecule has 1 nitrogen and oxygen atoms in total. The average molecular weight is 149 g/mol. The van der Waals surface area contributed by atoms with Gasteiger partial charge >= 0.3 is 0 Å². The fourth-order valence-electron chi connectivity index (χ4n) is 0.735. The zero-order chi connectivity index (χ0) is 8.69. The SMILES string of the molecule is C#CC/N=C(\C=C/C)C(C)C. The first-order chi connectivity index (χ1) is 5.22. The van der Waals surface area contributed by atoms with Crippen LogP contribution in [0, 0.1) is 18.3 Å². The molecule has 0 saturated heterocycles. The number of rotatable bonds is 3. The van der Waals surface area contributed by atoms with E-state index >= 15 is 0 Å². The Morgan fingerprint density at radius 1 is 1.64 bits per heavy atom. The van der Waals surface area contributed by atoms with Gasteiger partial charge in [-0.2, -0.15) is 0 Å². The molecule has 60 valence electrons. The minimum absolute atomic E-state index is 0.458. The molecule has 0 atom stereocenters. The topological polar surface area (TPSA) is 12.4 Å². The lowest BCUT2D eigenvalue weighted by Gasteiger charge is -2.02. The monoisotopic (exact) mass is 149 g/mol. The molecular formula is C10H15N. The van der Waals surface area contributed by atoms with Gasteiger partial charge in [-0.3, -0.25) is 4.99 Å². The zero-order valence-corrected chi connectivity index (χ0v) is 7.46. The summed E-state index contributed by atoms with van der Waals surface area (Å²) in [6.07, 6.45) is 9.08. The van der Waals surface area contributed by atoms with E-state index in [2.05, 4.69) is 24.8 Å². The van der Waals surface area contributed by atoms with Gasteiger partial charge in [0.15, 0.2) is 0 Å². The Labute approximate surface area is 69.2 Å². The Hall–Kier alpha value is -1.03. The minimum Gasteiger partial charge on any atom is -0.277 e. The van der Waals surface area contributed by atoms with Crippen LogP contribution in [0.5, 0.6) is 0 Å². The molecule has 0 aromatic rings. The van der Waals surface area contributed by atoms with E-state index < -0.39 is 0 Å². The number of hydrogen-bond acceptors (Lipinski definition) is 1. The molecule has 0 radical (unpaired) electrons. The van der Waals surface area contributed by atoms with Crippen molar-refractivity contribution in [1.29, 1.82) is 0 Å². The van der Waals surface area contributed by atoms with Gasteiger partial charge in [0, 0.05) is 5.71 Å². The molecule has 0 aromatic carbocycles. The molecule has 0 rings (SSSR count). The van der Waals surface area contributed by atoms with E-state index in [0.29, 0.717) is 12.5 Å². The van der Waals surface area contributed by atoms with E-state index in [1.165, 1.54) is 0 Å². The summed E-state index contributed by atoms with van der Waals surface area (Å²) in [6, 6.07) is 0. The van der Waals surface area contributed by atoms with E-state index in [4.69, 9.17) is 6.42 Å². The molecule has 0 N–H and O–H groups in total. The van der Waals surface area contributed by atoms with Crippen molar-refractivity contribution in [3.63, 3.8) is 0 Å². The van der Waals surface area contributed by atoms with Gasteiger partial charge in [0.05, 0.1) is 6.54 Å². The van der Waals surface area contributed by atoms with Crippen LogP contribution in [0.3, 0.4) is 0 Å². The normalized spacial score (nSPS) is 12.5. The van der Waals surface area contributed by atoms with E-state index in [-0.39, 0.29) is 0 Å². The molecule has 0 amide bonds. The molecule has 0 aliphatic carbocycles. The van der Waals surface area contributed by atoms with Gasteiger partial charge in [0.1, 0.15) is 0 Å². The Bertz CT molecular complexity index is 191. The largest absolute Gasteiger partial charge is 0.277 e. The Morgan fingerprint density at radius 3 is 2.64 bits per heavy atom. The van der Waals surface area contributed by atoms with Crippen LogP contribution in [-0.4, -0.2) is 12.3 Å². The van der Waals surface area contributed by atoms with Crippen molar-refractivity contribution in [2.75, 3.05) is 6.54 Å². The third-order valence-corrected chi connectivity index (χ3v) is 1.28. The van der Waals surface area contributed by atoms with Crippen molar-refractivity contribution in [2.24, 2.45) is 10.9 Å². The summed E-state index contributed by atoms with van der Waals surface area (Å²) >= 11 is 0. The highest BCUT2D eigenvalue weighted by molar-refractivity contribution is 5.96. The molecule has 0 bridgehead atoms. The van der Waals surface area contributed by atoms with Gasteiger partial charge in [0.2, 0.25) is 0 Å². The summed E-state index contributed by atoms with van der Waals surface area (Å²) in [5.41, 5.74) is 1.07. The maximum Gasteiger partial charge on any atom is 0.0998 e. The van der Waals surface area contributed by atoms with Gasteiger partial charge in [-0.05, 0) is 18.9 Å². The summed E-state index contributed by atoms with van der Waals surface area (Å²) < 4.78 is 0. The summed E-state index contributed by atoms with van der Waals surface area (Å²) in [5.74, 6) is 2.95. The van der Waals surface area contributed by atoms with Crippen LogP contribution in [0.2, 0.25) is 0 Å². The predicted molar refractivity (Wildman–Crippen MR) is 50.8 cm³/mol. The van der Waals surface area contributed by atoms with E-state index in [0.717, 1.165) is 5.71 Å². The van der Waals surface area contributed by atoms with E-state index in [1.54, 1.807) is 0 Å². The maximum absolute atomic E-state index is 5.09. The Morgan fingerprint density at radius 2 is 2.27 bits per heavy atom. The molecule has 0 aromatic heterocycles. The van der Waals surface area contributed by atoms with Gasteiger partial charge < -0.3 is 0 Å². The lowest BCUT2D eigenvalue weighted by Crippen LogP contribution is -2.04. The van der Waals surface area contributed by atoms with Crippen molar-refractivity contribution in [2.45, 2.75) is 20.8 Å². The molecule has 1 heteroatoms. The van der Waals surface area contributed by atoms with Crippen molar-refractivity contribution in [1.82, 2.24) is 0 Å². The summed E-state index contributed by atoms with van der Waals surface area (Å²) in [4.78, 5) is 4.23. The van der Waals surface area contributed by atoms with Crippen LogP contribution in [0.4, 0.5) is 0 Å². The number of allylic oxidation sites excluding steroid dienone is 2. The first kappa shape index (κ1) is 9.97. The molecule has 0 heterocycles. The summed E-state index contributed by atoms with van der Waals surface area (Å²) in [5, 5.41) is 0. The van der Waals surface area contributed by atoms with Gasteiger partial charge in [-0.25, -0.2) is 0 Å². The molecule has 0 aliphatic rings. The Balaban J connectivity index is 4.23. The summed E-state index contributed by atoms with van der Waals surface area (Å²) in [6.45, 7) is 6.68. The Kier molecular flexibility index (Phi) is 5.20. The van der Waals surface area contributed by atoms with E-state index in [1.807, 2.05) is 19.1 Å². The molecule has 0 spiro atoms. The number of hydrogen-bond donors (Lipinski definition) is 0. The fourth-order valence-corrected chi connectivity index (χ4v) is 0.735. The zero-order valence-electron chi connectivity index (χ0n) is 7.46. The van der Waals surface area contributed by atoms with Crippen LogP contribution >= 0.6 is 0 Å². The predicted octanol–water partition coefficient (Wildman–Crippen LogP) is 2.29. The lowest BCUT2D eigenvalue weighted by molar-refractivity contribution is 0.882. The second kappa shape index (κ2) is 5.73. The highest BCUT2D eigenvalue weighted by Crippen LogP contribution is 1.98.